The molecule has 1 unspecified atom stereocenters. The Morgan fingerprint density at radius 2 is 1.53 bits per heavy atom. The number of benzene rings is 1. The van der Waals surface area contributed by atoms with E-state index < -0.39 is 0 Å². The minimum absolute atomic E-state index is 0.185. The lowest BCUT2D eigenvalue weighted by Crippen LogP contribution is -2.17. The molecule has 0 aliphatic heterocycles. The average Bonchev–Trinajstić information content (AvgIpc) is 2.20. The second-order valence-corrected chi connectivity index (χ2v) is 7.33. The van der Waals surface area contributed by atoms with Gasteiger partial charge in [-0.25, -0.2) is 0 Å². The summed E-state index contributed by atoms with van der Waals surface area (Å²) in [5, 5.41) is 10.2. The highest BCUT2D eigenvalue weighted by Gasteiger charge is 2.17. The topological polar surface area (TPSA) is 20.2 Å². The standard InChI is InChI=1S/C18H30O/c1-12(2)8-16(19)11-17-13(3)9-15(10-14(17)4)18(5,6)7/h9-10,12,16,19H,8,11H2,1-7H3. The van der Waals surface area contributed by atoms with E-state index in [1.165, 1.54) is 22.3 Å². The zero-order valence-electron chi connectivity index (χ0n) is 13.7. The van der Waals surface area contributed by atoms with Gasteiger partial charge in [0.05, 0.1) is 6.10 Å². The molecule has 1 rings (SSSR count). The second kappa shape index (κ2) is 6.09. The predicted molar refractivity (Wildman–Crippen MR) is 83.8 cm³/mol. The Morgan fingerprint density at radius 1 is 1.05 bits per heavy atom. The van der Waals surface area contributed by atoms with Crippen molar-refractivity contribution in [3.63, 3.8) is 0 Å². The highest BCUT2D eigenvalue weighted by Crippen LogP contribution is 2.28. The first-order valence-electron chi connectivity index (χ1n) is 7.40. The number of aryl methyl sites for hydroxylation is 2. The molecule has 0 spiro atoms. The quantitative estimate of drug-likeness (QED) is 0.844. The number of rotatable bonds is 4. The molecule has 1 atom stereocenters. The molecule has 0 radical (unpaired) electrons. The number of aliphatic hydroxyl groups is 1. The first-order valence-corrected chi connectivity index (χ1v) is 7.40. The van der Waals surface area contributed by atoms with Crippen LogP contribution in [0.2, 0.25) is 0 Å². The highest BCUT2D eigenvalue weighted by molar-refractivity contribution is 5.40. The fourth-order valence-electron chi connectivity index (χ4n) is 2.61. The van der Waals surface area contributed by atoms with Crippen LogP contribution in [0.3, 0.4) is 0 Å². The summed E-state index contributed by atoms with van der Waals surface area (Å²) in [6.07, 6.45) is 1.43. The SMILES string of the molecule is Cc1cc(C(C)(C)C)cc(C)c1CC(O)CC(C)C. The Bertz CT molecular complexity index is 401. The van der Waals surface area contributed by atoms with E-state index in [1.54, 1.807) is 0 Å². The van der Waals surface area contributed by atoms with Crippen LogP contribution in [0.1, 0.15) is 63.3 Å². The number of hydrogen-bond acceptors (Lipinski definition) is 1. The summed E-state index contributed by atoms with van der Waals surface area (Å²) in [4.78, 5) is 0. The Morgan fingerprint density at radius 3 is 1.89 bits per heavy atom. The van der Waals surface area contributed by atoms with E-state index in [0.717, 1.165) is 12.8 Å². The molecular weight excluding hydrogens is 232 g/mol. The summed E-state index contributed by atoms with van der Waals surface area (Å²) >= 11 is 0. The van der Waals surface area contributed by atoms with Crippen LogP contribution in [-0.4, -0.2) is 11.2 Å². The van der Waals surface area contributed by atoms with Gasteiger partial charge < -0.3 is 5.11 Å². The van der Waals surface area contributed by atoms with Gasteiger partial charge in [0.2, 0.25) is 0 Å². The van der Waals surface area contributed by atoms with Gasteiger partial charge >= 0.3 is 0 Å². The molecule has 0 saturated carbocycles. The summed E-state index contributed by atoms with van der Waals surface area (Å²) in [5.41, 5.74) is 5.51. The minimum Gasteiger partial charge on any atom is -0.393 e. The molecule has 1 nitrogen and oxygen atoms in total. The van der Waals surface area contributed by atoms with Crippen molar-refractivity contribution in [2.24, 2.45) is 5.92 Å². The molecule has 1 aromatic rings. The van der Waals surface area contributed by atoms with Crippen molar-refractivity contribution in [2.75, 3.05) is 0 Å². The Balaban J connectivity index is 2.98. The van der Waals surface area contributed by atoms with Gasteiger partial charge in [-0.05, 0) is 60.3 Å². The summed E-state index contributed by atoms with van der Waals surface area (Å²) in [5.74, 6) is 0.546. The van der Waals surface area contributed by atoms with Crippen LogP contribution in [0.5, 0.6) is 0 Å². The zero-order chi connectivity index (χ0) is 14.8. The van der Waals surface area contributed by atoms with Gasteiger partial charge in [0.15, 0.2) is 0 Å². The van der Waals surface area contributed by atoms with Crippen LogP contribution in [0.4, 0.5) is 0 Å². The smallest absolute Gasteiger partial charge is 0.0583 e. The third kappa shape index (κ3) is 4.65. The van der Waals surface area contributed by atoms with Crippen molar-refractivity contribution >= 4 is 0 Å². The lowest BCUT2D eigenvalue weighted by molar-refractivity contribution is 0.148. The first kappa shape index (κ1) is 16.2. The molecule has 1 aromatic carbocycles. The van der Waals surface area contributed by atoms with E-state index in [9.17, 15) is 5.11 Å². The van der Waals surface area contributed by atoms with E-state index in [1.807, 2.05) is 0 Å². The molecule has 0 amide bonds. The fourth-order valence-corrected chi connectivity index (χ4v) is 2.61. The normalized spacial score (nSPS) is 13.9. The predicted octanol–water partition coefficient (Wildman–Crippen LogP) is 4.55. The largest absolute Gasteiger partial charge is 0.393 e. The van der Waals surface area contributed by atoms with Gasteiger partial charge in [0.1, 0.15) is 0 Å². The van der Waals surface area contributed by atoms with Crippen molar-refractivity contribution in [1.29, 1.82) is 0 Å². The van der Waals surface area contributed by atoms with Crippen molar-refractivity contribution in [3.05, 3.63) is 34.4 Å². The van der Waals surface area contributed by atoms with E-state index >= 15 is 0 Å². The monoisotopic (exact) mass is 262 g/mol. The number of aliphatic hydroxyl groups excluding tert-OH is 1. The second-order valence-electron chi connectivity index (χ2n) is 7.33. The van der Waals surface area contributed by atoms with Crippen molar-refractivity contribution < 1.29 is 5.11 Å². The molecule has 0 aliphatic rings. The Kier molecular flexibility index (Phi) is 5.20. The lowest BCUT2D eigenvalue weighted by atomic mass is 9.83. The molecule has 19 heavy (non-hydrogen) atoms. The molecule has 0 aromatic heterocycles. The van der Waals surface area contributed by atoms with E-state index in [-0.39, 0.29) is 11.5 Å². The Labute approximate surface area is 119 Å². The Hall–Kier alpha value is -0.820. The minimum atomic E-state index is -0.224. The summed E-state index contributed by atoms with van der Waals surface area (Å²) in [6.45, 7) is 15.4. The van der Waals surface area contributed by atoms with Crippen molar-refractivity contribution in [2.45, 2.75) is 72.8 Å². The van der Waals surface area contributed by atoms with Crippen LogP contribution >= 0.6 is 0 Å². The summed E-state index contributed by atoms with van der Waals surface area (Å²) < 4.78 is 0. The molecular formula is C18H30O. The maximum Gasteiger partial charge on any atom is 0.0583 e. The molecule has 0 aliphatic carbocycles. The van der Waals surface area contributed by atoms with Gasteiger partial charge in [-0.15, -0.1) is 0 Å². The average molecular weight is 262 g/mol. The maximum absolute atomic E-state index is 10.2. The van der Waals surface area contributed by atoms with Gasteiger partial charge in [-0.1, -0.05) is 46.8 Å². The number of hydrogen-bond donors (Lipinski definition) is 1. The first-order chi connectivity index (χ1) is 8.61. The van der Waals surface area contributed by atoms with E-state index in [4.69, 9.17) is 0 Å². The van der Waals surface area contributed by atoms with Gasteiger partial charge in [-0.2, -0.15) is 0 Å². The molecule has 0 bridgehead atoms. The van der Waals surface area contributed by atoms with Crippen LogP contribution in [0, 0.1) is 19.8 Å². The maximum atomic E-state index is 10.2. The third-order valence-electron chi connectivity index (χ3n) is 3.75. The third-order valence-corrected chi connectivity index (χ3v) is 3.75. The summed E-state index contributed by atoms with van der Waals surface area (Å²) in [7, 11) is 0. The fraction of sp³-hybridized carbons (Fsp3) is 0.667. The van der Waals surface area contributed by atoms with Gasteiger partial charge in [-0.3, -0.25) is 0 Å². The van der Waals surface area contributed by atoms with Gasteiger partial charge in [0.25, 0.3) is 0 Å². The zero-order valence-corrected chi connectivity index (χ0v) is 13.7. The van der Waals surface area contributed by atoms with Crippen LogP contribution in [0.15, 0.2) is 12.1 Å². The van der Waals surface area contributed by atoms with Crippen LogP contribution in [0.25, 0.3) is 0 Å². The van der Waals surface area contributed by atoms with Crippen LogP contribution < -0.4 is 0 Å². The highest BCUT2D eigenvalue weighted by atomic mass is 16.3. The molecule has 108 valence electrons. The summed E-state index contributed by atoms with van der Waals surface area (Å²) in [6, 6.07) is 4.56. The molecule has 1 heteroatoms. The molecule has 0 saturated heterocycles. The van der Waals surface area contributed by atoms with Crippen molar-refractivity contribution in [3.8, 4) is 0 Å². The molecule has 1 N–H and O–H groups in total. The van der Waals surface area contributed by atoms with Gasteiger partial charge in [0, 0.05) is 0 Å². The van der Waals surface area contributed by atoms with E-state index in [2.05, 4.69) is 60.6 Å². The van der Waals surface area contributed by atoms with E-state index in [0.29, 0.717) is 5.92 Å². The molecule has 0 fully saturated rings. The molecule has 0 heterocycles. The van der Waals surface area contributed by atoms with Crippen molar-refractivity contribution in [1.82, 2.24) is 0 Å². The lowest BCUT2D eigenvalue weighted by Gasteiger charge is -2.23. The van der Waals surface area contributed by atoms with Crippen LogP contribution in [-0.2, 0) is 11.8 Å².